The Morgan fingerprint density at radius 2 is 1.92 bits per heavy atom. The first-order valence-corrected chi connectivity index (χ1v) is 4.26. The van der Waals surface area contributed by atoms with Crippen LogP contribution in [-0.2, 0) is 0 Å². The van der Waals surface area contributed by atoms with Gasteiger partial charge in [-0.1, -0.05) is 18.2 Å². The third-order valence-corrected chi connectivity index (χ3v) is 2.28. The summed E-state index contributed by atoms with van der Waals surface area (Å²) in [5, 5.41) is 1.24. The minimum atomic E-state index is 0.999. The first-order valence-electron chi connectivity index (χ1n) is 4.26. The van der Waals surface area contributed by atoms with Crippen molar-refractivity contribution in [2.75, 3.05) is 0 Å². The predicted molar refractivity (Wildman–Crippen MR) is 52.7 cm³/mol. The van der Waals surface area contributed by atoms with Crippen LogP contribution in [0.2, 0.25) is 0 Å². The molecule has 0 aliphatic rings. The van der Waals surface area contributed by atoms with E-state index in [1.165, 1.54) is 10.9 Å². The highest BCUT2D eigenvalue weighted by atomic mass is 15.0. The van der Waals surface area contributed by atoms with Gasteiger partial charge in [0.2, 0.25) is 0 Å². The van der Waals surface area contributed by atoms with Gasteiger partial charge >= 0.3 is 0 Å². The van der Waals surface area contributed by atoms with Gasteiger partial charge in [-0.15, -0.1) is 0 Å². The largest absolute Gasteiger partial charge is 0.300 e. The summed E-state index contributed by atoms with van der Waals surface area (Å²) in [6.45, 7) is 0. The number of rotatable bonds is 0. The molecular formula is C11H8N2. The molecule has 0 aliphatic carbocycles. The second-order valence-electron chi connectivity index (χ2n) is 3.05. The summed E-state index contributed by atoms with van der Waals surface area (Å²) in [5.41, 5.74) is 2.20. The van der Waals surface area contributed by atoms with E-state index in [-0.39, 0.29) is 0 Å². The van der Waals surface area contributed by atoms with E-state index in [2.05, 4.69) is 27.6 Å². The van der Waals surface area contributed by atoms with Gasteiger partial charge in [-0.3, -0.25) is 4.40 Å². The van der Waals surface area contributed by atoms with E-state index in [9.17, 15) is 0 Å². The van der Waals surface area contributed by atoms with Crippen LogP contribution in [0.5, 0.6) is 0 Å². The van der Waals surface area contributed by atoms with Gasteiger partial charge in [0, 0.05) is 12.4 Å². The summed E-state index contributed by atoms with van der Waals surface area (Å²) in [5.74, 6) is 0. The van der Waals surface area contributed by atoms with Crippen molar-refractivity contribution in [2.45, 2.75) is 0 Å². The van der Waals surface area contributed by atoms with Crippen molar-refractivity contribution in [2.24, 2.45) is 0 Å². The third kappa shape index (κ3) is 0.855. The molecule has 0 saturated heterocycles. The first kappa shape index (κ1) is 6.66. The van der Waals surface area contributed by atoms with Crippen LogP contribution in [0, 0.1) is 0 Å². The molecule has 2 aromatic heterocycles. The first-order chi connectivity index (χ1) is 6.45. The maximum absolute atomic E-state index is 4.23. The van der Waals surface area contributed by atoms with Crippen LogP contribution < -0.4 is 0 Å². The standard InChI is InChI=1S/C11H8N2/c1-2-4-10-9(3-1)5-6-11-12-7-8-13(10)11/h1-8H. The summed E-state index contributed by atoms with van der Waals surface area (Å²) >= 11 is 0. The summed E-state index contributed by atoms with van der Waals surface area (Å²) in [6, 6.07) is 12.4. The van der Waals surface area contributed by atoms with Crippen molar-refractivity contribution < 1.29 is 0 Å². The second-order valence-corrected chi connectivity index (χ2v) is 3.05. The normalized spacial score (nSPS) is 11.1. The Morgan fingerprint density at radius 3 is 2.92 bits per heavy atom. The Bertz CT molecular complexity index is 566. The van der Waals surface area contributed by atoms with Crippen LogP contribution in [0.25, 0.3) is 16.6 Å². The SMILES string of the molecule is c1ccc2c(c1)ccc1nccn12. The van der Waals surface area contributed by atoms with Crippen LogP contribution in [0.1, 0.15) is 0 Å². The lowest BCUT2D eigenvalue weighted by molar-refractivity contribution is 1.26. The molecule has 3 aromatic rings. The van der Waals surface area contributed by atoms with E-state index >= 15 is 0 Å². The number of hydrogen-bond acceptors (Lipinski definition) is 1. The van der Waals surface area contributed by atoms with E-state index in [1.54, 1.807) is 0 Å². The van der Waals surface area contributed by atoms with Crippen LogP contribution in [0.3, 0.4) is 0 Å². The molecule has 0 amide bonds. The lowest BCUT2D eigenvalue weighted by Crippen LogP contribution is -1.85. The van der Waals surface area contributed by atoms with Crippen LogP contribution in [0.4, 0.5) is 0 Å². The number of fused-ring (bicyclic) bond motifs is 3. The van der Waals surface area contributed by atoms with E-state index in [0.29, 0.717) is 0 Å². The van der Waals surface area contributed by atoms with Gasteiger partial charge < -0.3 is 0 Å². The van der Waals surface area contributed by atoms with E-state index < -0.39 is 0 Å². The van der Waals surface area contributed by atoms with Gasteiger partial charge in [0.1, 0.15) is 5.65 Å². The molecule has 3 rings (SSSR count). The molecule has 0 bridgehead atoms. The zero-order valence-electron chi connectivity index (χ0n) is 7.01. The smallest absolute Gasteiger partial charge is 0.137 e. The topological polar surface area (TPSA) is 17.3 Å². The van der Waals surface area contributed by atoms with Crippen LogP contribution in [0.15, 0.2) is 48.8 Å². The Kier molecular flexibility index (Phi) is 1.19. The Labute approximate surface area is 75.5 Å². The van der Waals surface area contributed by atoms with Crippen LogP contribution in [-0.4, -0.2) is 9.38 Å². The van der Waals surface area contributed by atoms with Gasteiger partial charge in [0.05, 0.1) is 5.52 Å². The van der Waals surface area contributed by atoms with Crippen molar-refractivity contribution in [3.05, 3.63) is 48.8 Å². The lowest BCUT2D eigenvalue weighted by Gasteiger charge is -1.99. The van der Waals surface area contributed by atoms with E-state index in [1.807, 2.05) is 30.6 Å². The molecule has 0 spiro atoms. The van der Waals surface area contributed by atoms with E-state index in [0.717, 1.165) is 5.65 Å². The highest BCUT2D eigenvalue weighted by molar-refractivity contribution is 5.81. The van der Waals surface area contributed by atoms with Crippen molar-refractivity contribution in [1.29, 1.82) is 0 Å². The van der Waals surface area contributed by atoms with Gasteiger partial charge in [0.15, 0.2) is 0 Å². The molecule has 0 unspecified atom stereocenters. The molecule has 0 fully saturated rings. The molecule has 0 radical (unpaired) electrons. The molecule has 2 nitrogen and oxygen atoms in total. The predicted octanol–water partition coefficient (Wildman–Crippen LogP) is 2.49. The molecule has 62 valence electrons. The number of aromatic nitrogens is 2. The van der Waals surface area contributed by atoms with Crippen molar-refractivity contribution in [1.82, 2.24) is 9.38 Å². The van der Waals surface area contributed by atoms with Gasteiger partial charge in [-0.25, -0.2) is 4.98 Å². The molecule has 2 heteroatoms. The molecule has 2 heterocycles. The fourth-order valence-electron chi connectivity index (χ4n) is 1.65. The fraction of sp³-hybridized carbons (Fsp3) is 0. The highest BCUT2D eigenvalue weighted by Crippen LogP contribution is 2.15. The number of imidazole rings is 1. The lowest BCUT2D eigenvalue weighted by atomic mass is 10.2. The van der Waals surface area contributed by atoms with Gasteiger partial charge in [0.25, 0.3) is 0 Å². The van der Waals surface area contributed by atoms with E-state index in [4.69, 9.17) is 0 Å². The Balaban J connectivity index is 2.65. The number of pyridine rings is 1. The number of para-hydroxylation sites is 1. The number of hydrogen-bond donors (Lipinski definition) is 0. The molecule has 1 aromatic carbocycles. The minimum Gasteiger partial charge on any atom is -0.300 e. The average molecular weight is 168 g/mol. The monoisotopic (exact) mass is 168 g/mol. The quantitative estimate of drug-likeness (QED) is 0.504. The van der Waals surface area contributed by atoms with Crippen molar-refractivity contribution >= 4 is 16.6 Å². The Hall–Kier alpha value is -1.83. The summed E-state index contributed by atoms with van der Waals surface area (Å²) in [4.78, 5) is 4.23. The molecule has 13 heavy (non-hydrogen) atoms. The zero-order chi connectivity index (χ0) is 8.67. The zero-order valence-corrected chi connectivity index (χ0v) is 7.01. The Morgan fingerprint density at radius 1 is 1.00 bits per heavy atom. The molecule has 0 atom stereocenters. The average Bonchev–Trinajstić information content (AvgIpc) is 2.65. The summed E-state index contributed by atoms with van der Waals surface area (Å²) < 4.78 is 2.09. The van der Waals surface area contributed by atoms with Gasteiger partial charge in [-0.05, 0) is 23.6 Å². The molecule has 0 aliphatic heterocycles. The van der Waals surface area contributed by atoms with Crippen molar-refractivity contribution in [3.63, 3.8) is 0 Å². The van der Waals surface area contributed by atoms with Crippen LogP contribution >= 0.6 is 0 Å². The fourth-order valence-corrected chi connectivity index (χ4v) is 1.65. The molecule has 0 saturated carbocycles. The molecular weight excluding hydrogens is 160 g/mol. The highest BCUT2D eigenvalue weighted by Gasteiger charge is 1.97. The number of benzene rings is 1. The third-order valence-electron chi connectivity index (χ3n) is 2.28. The summed E-state index contributed by atoms with van der Waals surface area (Å²) in [7, 11) is 0. The second kappa shape index (κ2) is 2.33. The minimum absolute atomic E-state index is 0.999. The maximum Gasteiger partial charge on any atom is 0.137 e. The summed E-state index contributed by atoms with van der Waals surface area (Å²) in [6.07, 6.45) is 3.80. The number of nitrogens with zero attached hydrogens (tertiary/aromatic N) is 2. The van der Waals surface area contributed by atoms with Gasteiger partial charge in [-0.2, -0.15) is 0 Å². The maximum atomic E-state index is 4.23. The van der Waals surface area contributed by atoms with Crippen molar-refractivity contribution in [3.8, 4) is 0 Å². The molecule has 0 N–H and O–H groups in total.